The van der Waals surface area contributed by atoms with Crippen LogP contribution in [0, 0.1) is 0 Å². The van der Waals surface area contributed by atoms with E-state index in [0.717, 1.165) is 12.5 Å². The summed E-state index contributed by atoms with van der Waals surface area (Å²) in [5.41, 5.74) is 5.41. The van der Waals surface area contributed by atoms with E-state index in [9.17, 15) is 0 Å². The summed E-state index contributed by atoms with van der Waals surface area (Å²) in [4.78, 5) is 0. The highest BCUT2D eigenvalue weighted by molar-refractivity contribution is 6.97. The topological polar surface area (TPSA) is 36.9 Å². The van der Waals surface area contributed by atoms with Crippen LogP contribution in [0.15, 0.2) is 36.8 Å². The normalized spacial score (nSPS) is 44.4. The minimum Gasteiger partial charge on any atom is -0.413 e. The van der Waals surface area contributed by atoms with Gasteiger partial charge in [0.2, 0.25) is 0 Å². The van der Waals surface area contributed by atoms with Gasteiger partial charge < -0.3 is 16.5 Å². The van der Waals surface area contributed by atoms with Crippen molar-refractivity contribution in [3.63, 3.8) is 0 Å². The molecule has 0 aromatic heterocycles. The van der Waals surface area contributed by atoms with Crippen LogP contribution in [-0.4, -0.2) is 34.2 Å². The first kappa shape index (κ1) is 19.0. The van der Waals surface area contributed by atoms with Crippen LogP contribution in [-0.2, 0) is 16.5 Å². The van der Waals surface area contributed by atoms with Crippen molar-refractivity contribution < 1.29 is 16.5 Å². The first-order chi connectivity index (χ1) is 9.57. The van der Waals surface area contributed by atoms with Crippen LogP contribution in [0.4, 0.5) is 0 Å². The van der Waals surface area contributed by atoms with Crippen molar-refractivity contribution in [2.75, 3.05) is 0 Å². The van der Waals surface area contributed by atoms with Crippen LogP contribution in [0.5, 0.6) is 0 Å². The molecule has 1 fully saturated rings. The smallest absolute Gasteiger partial charge is 0.344 e. The van der Waals surface area contributed by atoms with Gasteiger partial charge in [0, 0.05) is 0 Å². The van der Waals surface area contributed by atoms with Gasteiger partial charge in [-0.05, 0) is 32.2 Å². The highest BCUT2D eigenvalue weighted by atomic mass is 28.5. The molecule has 1 heterocycles. The third-order valence-corrected chi connectivity index (χ3v) is 20.3. The van der Waals surface area contributed by atoms with Crippen molar-refractivity contribution in [3.8, 4) is 0 Å². The van der Waals surface area contributed by atoms with E-state index in [4.69, 9.17) is 16.5 Å². The van der Waals surface area contributed by atoms with Gasteiger partial charge in [-0.3, -0.25) is 0 Å². The van der Waals surface area contributed by atoms with Crippen LogP contribution in [0.25, 0.3) is 0 Å². The van der Waals surface area contributed by atoms with Crippen molar-refractivity contribution in [1.82, 2.24) is 0 Å². The molecule has 0 amide bonds. The zero-order chi connectivity index (χ0) is 16.4. The Morgan fingerprint density at radius 3 is 1.33 bits per heavy atom. The Balaban J connectivity index is 3.27. The van der Waals surface area contributed by atoms with Crippen molar-refractivity contribution in [2.45, 2.75) is 45.6 Å². The molecule has 8 heteroatoms. The molecule has 0 aliphatic carbocycles. The van der Waals surface area contributed by atoms with Crippen LogP contribution >= 0.6 is 0 Å². The van der Waals surface area contributed by atoms with Gasteiger partial charge in [0.15, 0.2) is 0 Å². The third-order valence-electron chi connectivity index (χ3n) is 3.46. The predicted molar refractivity (Wildman–Crippen MR) is 96.5 cm³/mol. The van der Waals surface area contributed by atoms with Gasteiger partial charge in [-0.25, -0.2) is 0 Å². The van der Waals surface area contributed by atoms with E-state index in [0.29, 0.717) is 0 Å². The quantitative estimate of drug-likeness (QED) is 0.696. The van der Waals surface area contributed by atoms with Gasteiger partial charge >= 0.3 is 34.2 Å². The second-order valence-corrected chi connectivity index (χ2v) is 19.3. The summed E-state index contributed by atoms with van der Waals surface area (Å²) in [5, 5.41) is 0. The van der Waals surface area contributed by atoms with Crippen LogP contribution in [0.3, 0.4) is 0 Å². The third kappa shape index (κ3) is 4.70. The molecular weight excluding hydrogens is 332 g/mol. The summed E-state index contributed by atoms with van der Waals surface area (Å²) in [6.07, 6.45) is 1.00. The molecule has 2 atom stereocenters. The summed E-state index contributed by atoms with van der Waals surface area (Å²) in [6.45, 7) is 21.9. The maximum absolute atomic E-state index is 6.46. The molecule has 2 unspecified atom stereocenters. The average Bonchev–Trinajstić information content (AvgIpc) is 2.36. The zero-order valence-electron chi connectivity index (χ0n) is 13.9. The van der Waals surface area contributed by atoms with Crippen LogP contribution < -0.4 is 0 Å². The molecule has 1 aliphatic rings. The first-order valence-corrected chi connectivity index (χ1v) is 17.0. The minimum atomic E-state index is -2.57. The Morgan fingerprint density at radius 2 is 1.05 bits per heavy atom. The predicted octanol–water partition coefficient (Wildman–Crippen LogP) is 3.94. The maximum atomic E-state index is 6.46. The lowest BCUT2D eigenvalue weighted by molar-refractivity contribution is 0.243. The van der Waals surface area contributed by atoms with Gasteiger partial charge in [-0.1, -0.05) is 30.4 Å². The van der Waals surface area contributed by atoms with E-state index in [1.807, 2.05) is 31.0 Å². The van der Waals surface area contributed by atoms with E-state index < -0.39 is 34.2 Å². The molecule has 0 aromatic rings. The SMILES string of the molecule is C=C[Si]1(C)O[Si](C)(C=C)O[Si](C)(CCC)O[Si](C)(C=C)O1. The van der Waals surface area contributed by atoms with E-state index in [2.05, 4.69) is 33.2 Å². The molecule has 1 aliphatic heterocycles. The Bertz CT molecular complexity index is 404. The molecule has 0 aromatic carbocycles. The van der Waals surface area contributed by atoms with Crippen molar-refractivity contribution in [2.24, 2.45) is 0 Å². The molecule has 0 saturated carbocycles. The molecule has 0 radical (unpaired) electrons. The van der Waals surface area contributed by atoms with Crippen LogP contribution in [0.1, 0.15) is 13.3 Å². The molecule has 21 heavy (non-hydrogen) atoms. The fourth-order valence-electron chi connectivity index (χ4n) is 2.55. The molecule has 0 bridgehead atoms. The van der Waals surface area contributed by atoms with Gasteiger partial charge in [-0.15, -0.1) is 19.7 Å². The van der Waals surface area contributed by atoms with Gasteiger partial charge in [0.25, 0.3) is 0 Å². The van der Waals surface area contributed by atoms with Gasteiger partial charge in [0.1, 0.15) is 0 Å². The summed E-state index contributed by atoms with van der Waals surface area (Å²) < 4.78 is 25.6. The highest BCUT2D eigenvalue weighted by Gasteiger charge is 2.54. The monoisotopic (exact) mass is 360 g/mol. The molecule has 1 saturated heterocycles. The van der Waals surface area contributed by atoms with E-state index in [1.54, 1.807) is 5.70 Å². The van der Waals surface area contributed by atoms with E-state index in [-0.39, 0.29) is 0 Å². The second-order valence-electron chi connectivity index (χ2n) is 5.95. The summed E-state index contributed by atoms with van der Waals surface area (Å²) in [6, 6.07) is 0.902. The molecule has 0 spiro atoms. The fraction of sp³-hybridized carbons (Fsp3) is 0.538. The lowest BCUT2D eigenvalue weighted by Crippen LogP contribution is -2.66. The summed E-state index contributed by atoms with van der Waals surface area (Å²) in [7, 11) is -10.0. The molecular formula is C13H28O4Si4. The van der Waals surface area contributed by atoms with Gasteiger partial charge in [-0.2, -0.15) is 0 Å². The first-order valence-electron chi connectivity index (χ1n) is 7.28. The Hall–Kier alpha value is -0.0725. The number of hydrogen-bond acceptors (Lipinski definition) is 4. The number of rotatable bonds is 5. The lowest BCUT2D eigenvalue weighted by Gasteiger charge is -2.47. The maximum Gasteiger partial charge on any atom is 0.344 e. The number of hydrogen-bond donors (Lipinski definition) is 0. The molecule has 0 N–H and O–H groups in total. The average molecular weight is 361 g/mol. The lowest BCUT2D eigenvalue weighted by atomic mass is 10.6. The largest absolute Gasteiger partial charge is 0.413 e. The molecule has 4 nitrogen and oxygen atoms in total. The van der Waals surface area contributed by atoms with Crippen LogP contribution in [0.2, 0.25) is 32.2 Å². The Kier molecular flexibility index (Phi) is 5.95. The van der Waals surface area contributed by atoms with E-state index >= 15 is 0 Å². The molecule has 120 valence electrons. The zero-order valence-corrected chi connectivity index (χ0v) is 17.9. The molecule has 1 rings (SSSR count). The van der Waals surface area contributed by atoms with E-state index in [1.165, 1.54) is 0 Å². The Morgan fingerprint density at radius 1 is 0.714 bits per heavy atom. The van der Waals surface area contributed by atoms with Crippen molar-refractivity contribution in [1.29, 1.82) is 0 Å². The van der Waals surface area contributed by atoms with Crippen molar-refractivity contribution in [3.05, 3.63) is 36.8 Å². The van der Waals surface area contributed by atoms with Crippen molar-refractivity contribution >= 4 is 34.2 Å². The standard InChI is InChI=1S/C13H28O4Si4/c1-9-13-21(8)16-19(6,11-3)14-18(5,10-2)15-20(7,12-4)17-21/h10-12H,2-4,9,13H2,1,5-8H3. The summed E-state index contributed by atoms with van der Waals surface area (Å²) >= 11 is 0. The minimum absolute atomic E-state index is 0.902. The highest BCUT2D eigenvalue weighted by Crippen LogP contribution is 2.34. The van der Waals surface area contributed by atoms with Gasteiger partial charge in [0.05, 0.1) is 0 Å². The second kappa shape index (κ2) is 6.58. The fourth-order valence-corrected chi connectivity index (χ4v) is 21.7. The summed E-state index contributed by atoms with van der Waals surface area (Å²) in [5.74, 6) is 0. The Labute approximate surface area is 133 Å².